The number of nitrogens with zero attached hydrogens (tertiary/aromatic N) is 5. The largest absolute Gasteiger partial charge is 0.481 e. The summed E-state index contributed by atoms with van der Waals surface area (Å²) in [5.41, 5.74) is 0. The van der Waals surface area contributed by atoms with Crippen molar-refractivity contribution in [2.45, 2.75) is 25.5 Å². The molecular weight excluding hydrogens is 262 g/mol. The lowest BCUT2D eigenvalue weighted by molar-refractivity contribution is 0.191. The van der Waals surface area contributed by atoms with E-state index in [4.69, 9.17) is 9.26 Å². The van der Waals surface area contributed by atoms with Gasteiger partial charge in [-0.25, -0.2) is 4.98 Å². The fraction of sp³-hybridized carbons (Fsp3) is 0.500. The van der Waals surface area contributed by atoms with Crippen LogP contribution >= 0.6 is 0 Å². The highest BCUT2D eigenvalue weighted by molar-refractivity contribution is 5.37. The molecule has 1 saturated heterocycles. The number of anilines is 1. The Kier molecular flexibility index (Phi) is 3.23. The van der Waals surface area contributed by atoms with Gasteiger partial charge >= 0.3 is 0 Å². The van der Waals surface area contributed by atoms with Crippen molar-refractivity contribution in [2.24, 2.45) is 0 Å². The van der Waals surface area contributed by atoms with Gasteiger partial charge in [0.25, 0.3) is 0 Å². The minimum absolute atomic E-state index is 0.224. The van der Waals surface area contributed by atoms with E-state index in [1.165, 1.54) is 0 Å². The van der Waals surface area contributed by atoms with Crippen molar-refractivity contribution in [2.75, 3.05) is 18.6 Å². The molecule has 3 heterocycles. The maximum atomic E-state index is 9.91. The second-order valence-corrected chi connectivity index (χ2v) is 4.64. The first-order valence-electron chi connectivity index (χ1n) is 6.29. The van der Waals surface area contributed by atoms with E-state index in [1.807, 2.05) is 4.90 Å². The number of ether oxygens (including phenoxy) is 1. The van der Waals surface area contributed by atoms with Crippen LogP contribution in [0.1, 0.15) is 24.2 Å². The molecule has 0 radical (unpaired) electrons. The van der Waals surface area contributed by atoms with Crippen LogP contribution in [0.2, 0.25) is 0 Å². The molecule has 0 aromatic carbocycles. The Hall–Kier alpha value is -2.22. The van der Waals surface area contributed by atoms with E-state index >= 15 is 0 Å². The zero-order chi connectivity index (χ0) is 14.1. The van der Waals surface area contributed by atoms with Gasteiger partial charge in [0.1, 0.15) is 6.04 Å². The van der Waals surface area contributed by atoms with Crippen molar-refractivity contribution < 1.29 is 14.4 Å². The molecule has 2 aromatic rings. The molecule has 0 aliphatic carbocycles. The van der Waals surface area contributed by atoms with E-state index in [0.717, 1.165) is 0 Å². The Labute approximate surface area is 115 Å². The molecule has 3 rings (SSSR count). The lowest BCUT2D eigenvalue weighted by Crippen LogP contribution is -2.26. The molecule has 1 fully saturated rings. The maximum absolute atomic E-state index is 9.91. The third kappa shape index (κ3) is 2.29. The first kappa shape index (κ1) is 12.8. The number of aliphatic hydroxyl groups is 1. The number of rotatable bonds is 3. The number of aromatic nitrogens is 4. The number of β-amino-alcohol motifs (C(OH)–C–C–N with tert-alkyl or cyclic N) is 1. The highest BCUT2D eigenvalue weighted by atomic mass is 16.5. The van der Waals surface area contributed by atoms with Gasteiger partial charge in [-0.05, 0) is 6.92 Å². The van der Waals surface area contributed by atoms with Crippen molar-refractivity contribution in [3.8, 4) is 5.88 Å². The van der Waals surface area contributed by atoms with Crippen molar-refractivity contribution in [1.82, 2.24) is 20.1 Å². The molecule has 2 aromatic heterocycles. The molecule has 1 aliphatic rings. The summed E-state index contributed by atoms with van der Waals surface area (Å²) in [5.74, 6) is 1.97. The lowest BCUT2D eigenvalue weighted by atomic mass is 10.2. The smallest absolute Gasteiger partial charge is 0.249 e. The van der Waals surface area contributed by atoms with Crippen LogP contribution in [0.5, 0.6) is 5.88 Å². The number of hydrogen-bond donors (Lipinski definition) is 1. The van der Waals surface area contributed by atoms with Gasteiger partial charge in [0.2, 0.25) is 17.7 Å². The van der Waals surface area contributed by atoms with Crippen LogP contribution in [0.4, 0.5) is 5.95 Å². The summed E-state index contributed by atoms with van der Waals surface area (Å²) in [7, 11) is 1.55. The van der Waals surface area contributed by atoms with E-state index in [0.29, 0.717) is 36.5 Å². The van der Waals surface area contributed by atoms with Gasteiger partial charge < -0.3 is 19.3 Å². The van der Waals surface area contributed by atoms with E-state index in [9.17, 15) is 5.11 Å². The molecule has 0 spiro atoms. The third-order valence-electron chi connectivity index (χ3n) is 3.19. The number of methoxy groups -OCH3 is 1. The third-order valence-corrected chi connectivity index (χ3v) is 3.19. The average molecular weight is 277 g/mol. The minimum Gasteiger partial charge on any atom is -0.481 e. The highest BCUT2D eigenvalue weighted by Crippen LogP contribution is 2.34. The molecule has 1 aliphatic heterocycles. The number of aryl methyl sites for hydroxylation is 1. The Bertz CT molecular complexity index is 602. The van der Waals surface area contributed by atoms with Crippen molar-refractivity contribution in [1.29, 1.82) is 0 Å². The minimum atomic E-state index is -0.484. The Morgan fingerprint density at radius 3 is 3.00 bits per heavy atom. The fourth-order valence-corrected chi connectivity index (χ4v) is 2.30. The zero-order valence-corrected chi connectivity index (χ0v) is 11.2. The Balaban J connectivity index is 1.93. The summed E-state index contributed by atoms with van der Waals surface area (Å²) in [4.78, 5) is 14.6. The Morgan fingerprint density at radius 2 is 2.30 bits per heavy atom. The summed E-state index contributed by atoms with van der Waals surface area (Å²) in [6, 6.07) is 1.44. The average Bonchev–Trinajstić information content (AvgIpc) is 3.05. The van der Waals surface area contributed by atoms with Gasteiger partial charge in [-0.15, -0.1) is 0 Å². The van der Waals surface area contributed by atoms with Crippen LogP contribution in [0.25, 0.3) is 0 Å². The van der Waals surface area contributed by atoms with Crippen LogP contribution in [0.3, 0.4) is 0 Å². The second kappa shape index (κ2) is 5.04. The molecular formula is C12H15N5O3. The quantitative estimate of drug-likeness (QED) is 0.865. The summed E-state index contributed by atoms with van der Waals surface area (Å²) in [6.45, 7) is 2.17. The van der Waals surface area contributed by atoms with E-state index in [-0.39, 0.29) is 6.04 Å². The molecule has 20 heavy (non-hydrogen) atoms. The summed E-state index contributed by atoms with van der Waals surface area (Å²) >= 11 is 0. The molecule has 0 unspecified atom stereocenters. The van der Waals surface area contributed by atoms with Gasteiger partial charge in [0, 0.05) is 25.2 Å². The molecule has 2 atom stereocenters. The standard InChI is InChI=1S/C12H15N5O3/c1-7-14-11(20-16-7)9-5-8(18)6-17(9)12-13-4-3-10(15-12)19-2/h3-4,8-9,18H,5-6H2,1-2H3/t8-,9-/m1/s1. The van der Waals surface area contributed by atoms with Crippen molar-refractivity contribution in [3.05, 3.63) is 24.0 Å². The molecule has 106 valence electrons. The van der Waals surface area contributed by atoms with Gasteiger partial charge in [-0.2, -0.15) is 9.97 Å². The monoisotopic (exact) mass is 277 g/mol. The predicted octanol–water partition coefficient (Wildman–Crippen LogP) is 0.489. The normalized spacial score (nSPS) is 22.2. The van der Waals surface area contributed by atoms with Crippen LogP contribution < -0.4 is 9.64 Å². The molecule has 0 bridgehead atoms. The molecule has 0 saturated carbocycles. The summed E-state index contributed by atoms with van der Waals surface area (Å²) in [6.07, 6.45) is 1.63. The zero-order valence-electron chi connectivity index (χ0n) is 11.2. The number of aliphatic hydroxyl groups excluding tert-OH is 1. The number of hydrogen-bond acceptors (Lipinski definition) is 8. The van der Waals surface area contributed by atoms with Gasteiger partial charge in [0.15, 0.2) is 5.82 Å². The van der Waals surface area contributed by atoms with E-state index < -0.39 is 6.10 Å². The first-order valence-corrected chi connectivity index (χ1v) is 6.29. The van der Waals surface area contributed by atoms with Crippen molar-refractivity contribution in [3.63, 3.8) is 0 Å². The second-order valence-electron chi connectivity index (χ2n) is 4.64. The lowest BCUT2D eigenvalue weighted by Gasteiger charge is -2.21. The van der Waals surface area contributed by atoms with Gasteiger partial charge in [-0.3, -0.25) is 0 Å². The van der Waals surface area contributed by atoms with E-state index in [2.05, 4.69) is 20.1 Å². The van der Waals surface area contributed by atoms with Crippen LogP contribution in [-0.4, -0.2) is 45.0 Å². The molecule has 0 amide bonds. The summed E-state index contributed by atoms with van der Waals surface area (Å²) < 4.78 is 10.3. The summed E-state index contributed by atoms with van der Waals surface area (Å²) in [5, 5.41) is 13.7. The van der Waals surface area contributed by atoms with Gasteiger partial charge in [0.05, 0.1) is 13.2 Å². The fourth-order valence-electron chi connectivity index (χ4n) is 2.30. The molecule has 1 N–H and O–H groups in total. The van der Waals surface area contributed by atoms with Crippen LogP contribution in [0, 0.1) is 6.92 Å². The topological polar surface area (TPSA) is 97.4 Å². The van der Waals surface area contributed by atoms with Crippen LogP contribution in [0.15, 0.2) is 16.8 Å². The maximum Gasteiger partial charge on any atom is 0.249 e. The van der Waals surface area contributed by atoms with Crippen molar-refractivity contribution >= 4 is 5.95 Å². The molecule has 8 nitrogen and oxygen atoms in total. The Morgan fingerprint density at radius 1 is 1.45 bits per heavy atom. The predicted molar refractivity (Wildman–Crippen MR) is 68.3 cm³/mol. The van der Waals surface area contributed by atoms with E-state index in [1.54, 1.807) is 26.3 Å². The molecule has 8 heteroatoms. The first-order chi connectivity index (χ1) is 9.67. The van der Waals surface area contributed by atoms with Gasteiger partial charge in [-0.1, -0.05) is 5.16 Å². The van der Waals surface area contributed by atoms with Crippen LogP contribution in [-0.2, 0) is 0 Å². The SMILES string of the molecule is COc1ccnc(N2C[C@H](O)C[C@@H]2c2nc(C)no2)n1. The highest BCUT2D eigenvalue weighted by Gasteiger charge is 2.37.